The number of anilines is 1. The first-order valence-corrected chi connectivity index (χ1v) is 10.5. The summed E-state index contributed by atoms with van der Waals surface area (Å²) in [6.07, 6.45) is 8.41. The number of nitrogens with zero attached hydrogens (tertiary/aromatic N) is 1. The summed E-state index contributed by atoms with van der Waals surface area (Å²) in [5, 5.41) is 16.9. The van der Waals surface area contributed by atoms with E-state index in [9.17, 15) is 9.90 Å². The summed E-state index contributed by atoms with van der Waals surface area (Å²) in [4.78, 5) is 16.2. The molecule has 29 heavy (non-hydrogen) atoms. The second-order valence-electron chi connectivity index (χ2n) is 7.78. The maximum Gasteiger partial charge on any atom is 0.411 e. The van der Waals surface area contributed by atoms with Crippen LogP contribution in [0, 0.1) is 5.92 Å². The van der Waals surface area contributed by atoms with Crippen molar-refractivity contribution in [3.05, 3.63) is 59.9 Å². The van der Waals surface area contributed by atoms with Crippen LogP contribution < -0.4 is 10.6 Å². The van der Waals surface area contributed by atoms with Gasteiger partial charge in [0.2, 0.25) is 0 Å². The number of pyridine rings is 1. The molecule has 156 valence electrons. The molecule has 3 N–H and O–H groups in total. The molecule has 0 spiro atoms. The van der Waals surface area contributed by atoms with Crippen LogP contribution in [-0.2, 0) is 17.9 Å². The Morgan fingerprint density at radius 1 is 1.21 bits per heavy atom. The molecule has 1 saturated carbocycles. The summed E-state index contributed by atoms with van der Waals surface area (Å²) in [5.74, 6) is 0.377. The number of aliphatic hydroxyl groups excluding tert-OH is 1. The quantitative estimate of drug-likeness (QED) is 0.620. The topological polar surface area (TPSA) is 83.5 Å². The molecule has 6 nitrogen and oxygen atoms in total. The molecule has 2 aromatic rings. The Balaban J connectivity index is 1.50. The Kier molecular flexibility index (Phi) is 8.02. The number of hydrogen-bond donors (Lipinski definition) is 3. The third-order valence-corrected chi connectivity index (χ3v) is 5.61. The average Bonchev–Trinajstić information content (AvgIpc) is 2.77. The van der Waals surface area contributed by atoms with Crippen LogP contribution in [0.5, 0.6) is 0 Å². The fourth-order valence-corrected chi connectivity index (χ4v) is 3.85. The molecule has 1 amide bonds. The lowest BCUT2D eigenvalue weighted by molar-refractivity contribution is 0.0551. The zero-order valence-corrected chi connectivity index (χ0v) is 17.0. The average molecular weight is 398 g/mol. The number of nitrogens with one attached hydrogen (secondary N) is 2. The second kappa shape index (κ2) is 10.9. The number of aromatic nitrogens is 1. The van der Waals surface area contributed by atoms with Crippen molar-refractivity contribution in [1.82, 2.24) is 10.3 Å². The van der Waals surface area contributed by atoms with Gasteiger partial charge in [-0.05, 0) is 43.4 Å². The number of hydrogen-bond acceptors (Lipinski definition) is 5. The lowest BCUT2D eigenvalue weighted by atomic mass is 9.83. The van der Waals surface area contributed by atoms with Crippen molar-refractivity contribution in [2.75, 3.05) is 5.32 Å². The summed E-state index contributed by atoms with van der Waals surface area (Å²) < 4.78 is 5.28. The van der Waals surface area contributed by atoms with Crippen molar-refractivity contribution in [3.8, 4) is 0 Å². The molecule has 1 aromatic heterocycles. The van der Waals surface area contributed by atoms with E-state index in [4.69, 9.17) is 4.74 Å². The molecule has 1 heterocycles. The van der Waals surface area contributed by atoms with Gasteiger partial charge in [-0.25, -0.2) is 4.79 Å². The van der Waals surface area contributed by atoms with E-state index in [1.807, 2.05) is 37.3 Å². The highest BCUT2D eigenvalue weighted by atomic mass is 16.5. The van der Waals surface area contributed by atoms with Gasteiger partial charge in [-0.15, -0.1) is 0 Å². The fourth-order valence-electron chi connectivity index (χ4n) is 3.85. The van der Waals surface area contributed by atoms with E-state index in [1.54, 1.807) is 18.5 Å². The molecule has 0 saturated heterocycles. The van der Waals surface area contributed by atoms with Gasteiger partial charge in [-0.3, -0.25) is 10.3 Å². The monoisotopic (exact) mass is 397 g/mol. The van der Waals surface area contributed by atoms with Crippen LogP contribution in [0.1, 0.15) is 50.2 Å². The zero-order valence-electron chi connectivity index (χ0n) is 17.0. The van der Waals surface area contributed by atoms with Crippen LogP contribution in [-0.4, -0.2) is 28.3 Å². The van der Waals surface area contributed by atoms with E-state index < -0.39 is 6.09 Å². The van der Waals surface area contributed by atoms with Crippen molar-refractivity contribution in [2.24, 2.45) is 5.92 Å². The predicted octanol–water partition coefficient (Wildman–Crippen LogP) is 4.25. The normalized spacial score (nSPS) is 16.8. The van der Waals surface area contributed by atoms with E-state index in [0.717, 1.165) is 24.0 Å². The Labute approximate surface area is 172 Å². The largest absolute Gasteiger partial charge is 0.444 e. The first-order valence-electron chi connectivity index (χ1n) is 10.5. The van der Waals surface area contributed by atoms with E-state index in [-0.39, 0.29) is 18.8 Å². The van der Waals surface area contributed by atoms with E-state index >= 15 is 0 Å². The van der Waals surface area contributed by atoms with Crippen molar-refractivity contribution < 1.29 is 14.6 Å². The molecule has 1 aliphatic rings. The van der Waals surface area contributed by atoms with Crippen LogP contribution in [0.2, 0.25) is 0 Å². The van der Waals surface area contributed by atoms with Crippen LogP contribution in [0.25, 0.3) is 0 Å². The number of para-hydroxylation sites is 1. The van der Waals surface area contributed by atoms with Gasteiger partial charge in [0.1, 0.15) is 6.61 Å². The minimum absolute atomic E-state index is 0.0105. The van der Waals surface area contributed by atoms with Crippen molar-refractivity contribution in [1.29, 1.82) is 0 Å². The molecule has 1 aromatic carbocycles. The maximum atomic E-state index is 12.2. The molecule has 0 unspecified atom stereocenters. The standard InChI is InChI=1S/C23H31N3O3/c1-17(22(27)19-9-3-2-4-10-19)25-15-20-11-5-6-12-21(20)26-23(28)29-16-18-8-7-13-24-14-18/h5-8,11-14,17,19,22,25,27H,2-4,9-10,15-16H2,1H3,(H,26,28)/t17-,22-/m0/s1. The Morgan fingerprint density at radius 3 is 2.76 bits per heavy atom. The number of carbonyl (C=O) groups is 1. The molecule has 1 aliphatic carbocycles. The van der Waals surface area contributed by atoms with Gasteiger partial charge in [0.15, 0.2) is 0 Å². The molecule has 0 bridgehead atoms. The molecule has 3 rings (SSSR count). The van der Waals surface area contributed by atoms with Crippen molar-refractivity contribution in [3.63, 3.8) is 0 Å². The van der Waals surface area contributed by atoms with Crippen LogP contribution >= 0.6 is 0 Å². The van der Waals surface area contributed by atoms with Gasteiger partial charge in [0, 0.05) is 36.2 Å². The summed E-state index contributed by atoms with van der Waals surface area (Å²) in [6, 6.07) is 11.3. The molecule has 2 atom stereocenters. The summed E-state index contributed by atoms with van der Waals surface area (Å²) in [6.45, 7) is 2.76. The molecule has 0 radical (unpaired) electrons. The van der Waals surface area contributed by atoms with Crippen LogP contribution in [0.15, 0.2) is 48.8 Å². The highest BCUT2D eigenvalue weighted by Crippen LogP contribution is 2.28. The minimum Gasteiger partial charge on any atom is -0.444 e. The Hall–Kier alpha value is -2.44. The van der Waals surface area contributed by atoms with Gasteiger partial charge < -0.3 is 15.2 Å². The molecule has 0 aliphatic heterocycles. The van der Waals surface area contributed by atoms with Gasteiger partial charge >= 0.3 is 6.09 Å². The first kappa shape index (κ1) is 21.3. The third kappa shape index (κ3) is 6.54. The Bertz CT molecular complexity index is 763. The smallest absolute Gasteiger partial charge is 0.411 e. The number of rotatable bonds is 8. The SMILES string of the molecule is C[C@H](NCc1ccccc1NC(=O)OCc1cccnc1)[C@H](O)C1CCCCC1. The van der Waals surface area contributed by atoms with Crippen LogP contribution in [0.4, 0.5) is 10.5 Å². The summed E-state index contributed by atoms with van der Waals surface area (Å²) >= 11 is 0. The van der Waals surface area contributed by atoms with Gasteiger partial charge in [-0.1, -0.05) is 43.5 Å². The highest BCUT2D eigenvalue weighted by Gasteiger charge is 2.26. The molecule has 1 fully saturated rings. The molecular weight excluding hydrogens is 366 g/mol. The predicted molar refractivity (Wildman–Crippen MR) is 113 cm³/mol. The van der Waals surface area contributed by atoms with E-state index in [2.05, 4.69) is 15.6 Å². The molecule has 6 heteroatoms. The lowest BCUT2D eigenvalue weighted by Gasteiger charge is -2.31. The van der Waals surface area contributed by atoms with Gasteiger partial charge in [-0.2, -0.15) is 0 Å². The summed E-state index contributed by atoms with van der Waals surface area (Å²) in [5.41, 5.74) is 2.49. The molecular formula is C23H31N3O3. The number of aliphatic hydroxyl groups is 1. The maximum absolute atomic E-state index is 12.2. The van der Waals surface area contributed by atoms with E-state index in [1.165, 1.54) is 19.3 Å². The first-order chi connectivity index (χ1) is 14.1. The number of carbonyl (C=O) groups excluding carboxylic acids is 1. The van der Waals surface area contributed by atoms with Gasteiger partial charge in [0.05, 0.1) is 6.10 Å². The van der Waals surface area contributed by atoms with E-state index in [0.29, 0.717) is 18.2 Å². The zero-order chi connectivity index (χ0) is 20.5. The van der Waals surface area contributed by atoms with Crippen molar-refractivity contribution in [2.45, 2.75) is 64.3 Å². The summed E-state index contributed by atoms with van der Waals surface area (Å²) in [7, 11) is 0. The van der Waals surface area contributed by atoms with Crippen LogP contribution in [0.3, 0.4) is 0 Å². The van der Waals surface area contributed by atoms with Crippen molar-refractivity contribution >= 4 is 11.8 Å². The lowest BCUT2D eigenvalue weighted by Crippen LogP contribution is -2.42. The minimum atomic E-state index is -0.503. The Morgan fingerprint density at radius 2 is 2.00 bits per heavy atom. The highest BCUT2D eigenvalue weighted by molar-refractivity contribution is 5.85. The third-order valence-electron chi connectivity index (χ3n) is 5.61. The van der Waals surface area contributed by atoms with Gasteiger partial charge in [0.25, 0.3) is 0 Å². The fraction of sp³-hybridized carbons (Fsp3) is 0.478. The number of amides is 1. The number of benzene rings is 1. The number of ether oxygens (including phenoxy) is 1. The second-order valence-corrected chi connectivity index (χ2v) is 7.78.